The molecule has 3 saturated heterocycles. The van der Waals surface area contributed by atoms with Crippen LogP contribution < -0.4 is 4.74 Å². The van der Waals surface area contributed by atoms with Gasteiger partial charge in [0.05, 0.1) is 0 Å². The molecule has 1 aromatic carbocycles. The Morgan fingerprint density at radius 3 is 1.53 bits per heavy atom. The highest BCUT2D eigenvalue weighted by Crippen LogP contribution is 2.61. The number of carbonyl (C=O) groups excluding carboxylic acids is 1. The minimum Gasteiger partial charge on any atom is -0.481 e. The summed E-state index contributed by atoms with van der Waals surface area (Å²) in [4.78, 5) is 48.7. The molecule has 2 N–H and O–H groups in total. The molecular formula is C48H81N3O6. The Kier molecular flexibility index (Phi) is 13.1. The van der Waals surface area contributed by atoms with Crippen molar-refractivity contribution >= 4 is 17.9 Å². The third kappa shape index (κ3) is 9.16. The number of likely N-dealkylation sites (N-methyl/N-ethyl adjacent to an activating group) is 1. The summed E-state index contributed by atoms with van der Waals surface area (Å²) >= 11 is 0. The lowest BCUT2D eigenvalue weighted by Crippen LogP contribution is -2.66. The fraction of sp³-hybridized carbons (Fsp3) is 0.812. The number of rotatable bonds is 11. The van der Waals surface area contributed by atoms with Gasteiger partial charge in [0.15, 0.2) is 5.92 Å². The number of aliphatic carboxylic acids is 2. The number of hydrogen-bond acceptors (Lipinski definition) is 7. The van der Waals surface area contributed by atoms with Gasteiger partial charge in [0.1, 0.15) is 11.8 Å². The first-order chi connectivity index (χ1) is 25.7. The van der Waals surface area contributed by atoms with E-state index in [4.69, 9.17) is 4.74 Å². The van der Waals surface area contributed by atoms with E-state index in [1.807, 2.05) is 7.05 Å². The first-order valence-electron chi connectivity index (χ1n) is 21.8. The van der Waals surface area contributed by atoms with Gasteiger partial charge < -0.3 is 14.9 Å². The predicted octanol–water partition coefficient (Wildman–Crippen LogP) is 9.42. The Balaban J connectivity index is 2.13. The highest BCUT2D eigenvalue weighted by molar-refractivity contribution is 5.94. The van der Waals surface area contributed by atoms with Gasteiger partial charge in [-0.3, -0.25) is 24.3 Å². The Morgan fingerprint density at radius 2 is 1.18 bits per heavy atom. The largest absolute Gasteiger partial charge is 0.481 e. The number of likely N-dealkylation sites (tertiary alicyclic amines) is 3. The van der Waals surface area contributed by atoms with Crippen LogP contribution in [0, 0.1) is 29.1 Å². The average Bonchev–Trinajstić information content (AvgIpc) is 3.47. The molecule has 0 bridgehead atoms. The molecule has 0 spiro atoms. The maximum Gasteiger partial charge on any atom is 0.328 e. The van der Waals surface area contributed by atoms with Crippen LogP contribution in [-0.4, -0.2) is 98.7 Å². The number of nitrogens with zero attached hydrogens (tertiary/aromatic N) is 3. The predicted molar refractivity (Wildman–Crippen MR) is 231 cm³/mol. The minimum atomic E-state index is -1.64. The molecule has 0 aliphatic carbocycles. The minimum absolute atomic E-state index is 0.0797. The van der Waals surface area contributed by atoms with Crippen molar-refractivity contribution in [3.8, 4) is 5.75 Å². The van der Waals surface area contributed by atoms with Crippen LogP contribution in [0.25, 0.3) is 0 Å². The molecule has 3 aliphatic rings. The van der Waals surface area contributed by atoms with Crippen LogP contribution >= 0.6 is 0 Å². The van der Waals surface area contributed by atoms with E-state index in [1.165, 1.54) is 0 Å². The molecule has 324 valence electrons. The number of carboxylic acid groups (broad SMARTS) is 2. The van der Waals surface area contributed by atoms with Crippen molar-refractivity contribution in [1.29, 1.82) is 0 Å². The summed E-state index contributed by atoms with van der Waals surface area (Å²) in [7, 11) is 6.31. The molecule has 3 aliphatic heterocycles. The Labute approximate surface area is 346 Å². The lowest BCUT2D eigenvalue weighted by molar-refractivity contribution is -0.181. The van der Waals surface area contributed by atoms with Gasteiger partial charge >= 0.3 is 17.9 Å². The third-order valence-electron chi connectivity index (χ3n) is 15.4. The topological polar surface area (TPSA) is 111 Å². The SMILES string of the molecule is CCC(C1CC(C)(C)N(C)C(C)(C)C1)C(Cc1cc(C(C)(C)C)c(OC(=O)C2CCCN2C)c(C(C)(C)C)c1)(C1CC(C)(C)N(C)C(C)(C)C1)C(C(=O)O)C(=O)O. The van der Waals surface area contributed by atoms with Gasteiger partial charge in [-0.25, -0.2) is 4.79 Å². The van der Waals surface area contributed by atoms with E-state index >= 15 is 0 Å². The van der Waals surface area contributed by atoms with Crippen molar-refractivity contribution in [1.82, 2.24) is 14.7 Å². The zero-order valence-corrected chi connectivity index (χ0v) is 39.3. The molecule has 9 nitrogen and oxygen atoms in total. The van der Waals surface area contributed by atoms with Crippen LogP contribution in [0.4, 0.5) is 0 Å². The summed E-state index contributed by atoms with van der Waals surface area (Å²) in [5, 5.41) is 22.7. The fourth-order valence-electron chi connectivity index (χ4n) is 12.1. The highest BCUT2D eigenvalue weighted by Gasteiger charge is 2.62. The molecule has 0 aromatic heterocycles. The van der Waals surface area contributed by atoms with E-state index in [-0.39, 0.29) is 58.3 Å². The number of piperidine rings is 2. The molecule has 3 fully saturated rings. The summed E-state index contributed by atoms with van der Waals surface area (Å²) < 4.78 is 6.52. The summed E-state index contributed by atoms with van der Waals surface area (Å²) in [5.41, 5.74) is -0.381. The zero-order chi connectivity index (χ0) is 43.6. The lowest BCUT2D eigenvalue weighted by atomic mass is 9.47. The van der Waals surface area contributed by atoms with Gasteiger partial charge in [-0.2, -0.15) is 0 Å². The molecule has 57 heavy (non-hydrogen) atoms. The molecule has 0 saturated carbocycles. The van der Waals surface area contributed by atoms with Crippen molar-refractivity contribution in [2.75, 3.05) is 27.7 Å². The number of carboxylic acids is 2. The second kappa shape index (κ2) is 15.8. The third-order valence-corrected chi connectivity index (χ3v) is 15.4. The lowest BCUT2D eigenvalue weighted by Gasteiger charge is -2.63. The van der Waals surface area contributed by atoms with Crippen molar-refractivity contribution in [3.05, 3.63) is 28.8 Å². The second-order valence-corrected chi connectivity index (χ2v) is 23.1. The van der Waals surface area contributed by atoms with Crippen LogP contribution in [-0.2, 0) is 31.6 Å². The molecule has 9 heteroatoms. The number of esters is 1. The van der Waals surface area contributed by atoms with Crippen LogP contribution in [0.2, 0.25) is 0 Å². The maximum atomic E-state index is 13.9. The Hall–Kier alpha value is -2.49. The van der Waals surface area contributed by atoms with Gasteiger partial charge in [0, 0.05) is 38.7 Å². The quantitative estimate of drug-likeness (QED) is 0.129. The first-order valence-corrected chi connectivity index (χ1v) is 21.8. The second-order valence-electron chi connectivity index (χ2n) is 23.1. The summed E-state index contributed by atoms with van der Waals surface area (Å²) in [6.45, 7) is 33.8. The van der Waals surface area contributed by atoms with Crippen molar-refractivity contribution in [3.63, 3.8) is 0 Å². The van der Waals surface area contributed by atoms with E-state index < -0.39 is 34.1 Å². The normalized spacial score (nSPS) is 25.3. The van der Waals surface area contributed by atoms with E-state index in [2.05, 4.69) is 145 Å². The van der Waals surface area contributed by atoms with E-state index in [0.29, 0.717) is 25.0 Å². The molecule has 3 atom stereocenters. The molecule has 1 aromatic rings. The van der Waals surface area contributed by atoms with Crippen LogP contribution in [0.15, 0.2) is 12.1 Å². The average molecular weight is 796 g/mol. The van der Waals surface area contributed by atoms with Crippen molar-refractivity contribution < 1.29 is 29.3 Å². The fourth-order valence-corrected chi connectivity index (χ4v) is 12.1. The molecule has 0 amide bonds. The molecule has 0 radical (unpaired) electrons. The Bertz CT molecular complexity index is 1580. The van der Waals surface area contributed by atoms with Gasteiger partial charge in [-0.15, -0.1) is 0 Å². The number of carbonyl (C=O) groups is 3. The zero-order valence-electron chi connectivity index (χ0n) is 39.3. The number of hydrogen-bond donors (Lipinski definition) is 2. The van der Waals surface area contributed by atoms with Crippen LogP contribution in [0.3, 0.4) is 0 Å². The van der Waals surface area contributed by atoms with Crippen molar-refractivity contribution in [2.24, 2.45) is 29.1 Å². The van der Waals surface area contributed by atoms with E-state index in [1.54, 1.807) is 0 Å². The number of ether oxygens (including phenoxy) is 1. The van der Waals surface area contributed by atoms with Gasteiger partial charge in [-0.1, -0.05) is 67.0 Å². The van der Waals surface area contributed by atoms with Crippen LogP contribution in [0.1, 0.15) is 165 Å². The summed E-state index contributed by atoms with van der Waals surface area (Å²) in [6.07, 6.45) is 5.66. The molecule has 3 unspecified atom stereocenters. The summed E-state index contributed by atoms with van der Waals surface area (Å²) in [6, 6.07) is 3.95. The maximum absolute atomic E-state index is 13.9. The molecule has 4 rings (SSSR count). The van der Waals surface area contributed by atoms with Gasteiger partial charge in [0.25, 0.3) is 0 Å². The number of benzene rings is 1. The van der Waals surface area contributed by atoms with Gasteiger partial charge in [-0.05, 0) is 162 Å². The Morgan fingerprint density at radius 1 is 0.754 bits per heavy atom. The standard InChI is InChI=1S/C48H81N3O6/c1-19-33(31-26-44(8,9)50(17)45(10,11)27-31)48(37(39(52)53)40(54)55,32-28-46(12,13)51(18)47(14,15)29-32)25-30-23-34(42(2,3)4)38(35(24-30)43(5,6)7)57-41(56)36-21-20-22-49(36)16/h23-24,31-33,36-37H,19-22,25-29H2,1-18H3,(H,52,53)(H,54,55). The summed E-state index contributed by atoms with van der Waals surface area (Å²) in [5.74, 6) is -4.20. The smallest absolute Gasteiger partial charge is 0.328 e. The molecular weight excluding hydrogens is 715 g/mol. The van der Waals surface area contributed by atoms with Crippen molar-refractivity contribution in [2.45, 2.75) is 194 Å². The van der Waals surface area contributed by atoms with E-state index in [9.17, 15) is 24.6 Å². The highest BCUT2D eigenvalue weighted by atomic mass is 16.5. The molecule has 3 heterocycles. The monoisotopic (exact) mass is 796 g/mol. The van der Waals surface area contributed by atoms with E-state index in [0.717, 1.165) is 48.9 Å². The van der Waals surface area contributed by atoms with Gasteiger partial charge in [0.2, 0.25) is 0 Å². The first kappa shape index (κ1) is 47.2. The van der Waals surface area contributed by atoms with Crippen LogP contribution in [0.5, 0.6) is 5.75 Å².